The van der Waals surface area contributed by atoms with Crippen LogP contribution in [0.1, 0.15) is 21.5 Å². The number of hydrogen-bond donors (Lipinski definition) is 1. The minimum absolute atomic E-state index is 0.00942. The summed E-state index contributed by atoms with van der Waals surface area (Å²) < 4.78 is 44.6. The summed E-state index contributed by atoms with van der Waals surface area (Å²) in [5, 5.41) is 8.68. The van der Waals surface area contributed by atoms with Crippen molar-refractivity contribution in [3.63, 3.8) is 0 Å². The van der Waals surface area contributed by atoms with Gasteiger partial charge in [-0.2, -0.15) is 13.2 Å². The summed E-state index contributed by atoms with van der Waals surface area (Å²) in [5.74, 6) is -1.51. The topological polar surface area (TPSA) is 59.4 Å². The largest absolute Gasteiger partial charge is 0.494 e. The van der Waals surface area contributed by atoms with E-state index in [1.54, 1.807) is 0 Å². The number of rotatable bonds is 2. The third-order valence-electron chi connectivity index (χ3n) is 2.93. The fourth-order valence-corrected chi connectivity index (χ4v) is 2.07. The predicted molar refractivity (Wildman–Crippen MR) is 65.0 cm³/mol. The van der Waals surface area contributed by atoms with E-state index in [1.165, 1.54) is 26.2 Å². The van der Waals surface area contributed by atoms with Crippen molar-refractivity contribution in [3.05, 3.63) is 35.0 Å². The van der Waals surface area contributed by atoms with E-state index in [9.17, 15) is 18.0 Å². The Balaban J connectivity index is 3.02. The Hall–Kier alpha value is -2.31. The molecule has 106 valence electrons. The van der Waals surface area contributed by atoms with Crippen LogP contribution in [0, 0.1) is 6.92 Å². The van der Waals surface area contributed by atoms with Gasteiger partial charge in [0.15, 0.2) is 0 Å². The molecule has 0 aliphatic rings. The van der Waals surface area contributed by atoms with Crippen LogP contribution in [0.4, 0.5) is 13.2 Å². The highest BCUT2D eigenvalue weighted by atomic mass is 19.4. The molecule has 0 spiro atoms. The number of methoxy groups -OCH3 is 1. The van der Waals surface area contributed by atoms with Crippen molar-refractivity contribution in [1.29, 1.82) is 0 Å². The number of carboxylic acid groups (broad SMARTS) is 1. The van der Waals surface area contributed by atoms with E-state index in [0.29, 0.717) is 6.20 Å². The molecule has 0 saturated heterocycles. The summed E-state index contributed by atoms with van der Waals surface area (Å²) in [6.07, 6.45) is -4.10. The van der Waals surface area contributed by atoms with Crippen LogP contribution in [0.25, 0.3) is 10.9 Å². The monoisotopic (exact) mass is 285 g/mol. The molecule has 0 unspecified atom stereocenters. The maximum Gasteiger partial charge on any atom is 0.417 e. The van der Waals surface area contributed by atoms with Gasteiger partial charge in [-0.3, -0.25) is 4.98 Å². The Morgan fingerprint density at radius 1 is 1.35 bits per heavy atom. The zero-order valence-electron chi connectivity index (χ0n) is 10.6. The number of carbonyl (C=O) groups is 1. The van der Waals surface area contributed by atoms with Crippen LogP contribution in [0.15, 0.2) is 18.3 Å². The van der Waals surface area contributed by atoms with Gasteiger partial charge >= 0.3 is 12.1 Å². The molecule has 0 amide bonds. The molecule has 7 heteroatoms. The van der Waals surface area contributed by atoms with E-state index in [-0.39, 0.29) is 22.2 Å². The average Bonchev–Trinajstić information content (AvgIpc) is 2.36. The zero-order valence-corrected chi connectivity index (χ0v) is 10.6. The van der Waals surface area contributed by atoms with Crippen molar-refractivity contribution in [2.24, 2.45) is 0 Å². The van der Waals surface area contributed by atoms with Gasteiger partial charge in [0.2, 0.25) is 0 Å². The third-order valence-corrected chi connectivity index (χ3v) is 2.93. The Kier molecular flexibility index (Phi) is 3.29. The number of benzene rings is 1. The van der Waals surface area contributed by atoms with Crippen LogP contribution in [0.5, 0.6) is 5.75 Å². The second kappa shape index (κ2) is 4.66. The summed E-state index contributed by atoms with van der Waals surface area (Å²) in [5.41, 5.74) is -1.80. The fraction of sp³-hybridized carbons (Fsp3) is 0.231. The van der Waals surface area contributed by atoms with Crippen molar-refractivity contribution >= 4 is 16.9 Å². The van der Waals surface area contributed by atoms with Crippen molar-refractivity contribution in [3.8, 4) is 5.75 Å². The van der Waals surface area contributed by atoms with Crippen LogP contribution in [0.2, 0.25) is 0 Å². The molecular formula is C13H10F3NO3. The first-order chi connectivity index (χ1) is 9.27. The minimum Gasteiger partial charge on any atom is -0.494 e. The number of alkyl halides is 3. The van der Waals surface area contributed by atoms with E-state index in [0.717, 1.165) is 0 Å². The summed E-state index contributed by atoms with van der Waals surface area (Å²) in [4.78, 5) is 14.8. The summed E-state index contributed by atoms with van der Waals surface area (Å²) >= 11 is 0. The van der Waals surface area contributed by atoms with Gasteiger partial charge < -0.3 is 9.84 Å². The van der Waals surface area contributed by atoms with Gasteiger partial charge in [0.05, 0.1) is 18.2 Å². The van der Waals surface area contributed by atoms with E-state index in [4.69, 9.17) is 9.84 Å². The number of ether oxygens (including phenoxy) is 1. The molecule has 0 radical (unpaired) electrons. The number of aromatic nitrogens is 1. The molecule has 0 atom stereocenters. The smallest absolute Gasteiger partial charge is 0.417 e. The average molecular weight is 285 g/mol. The Morgan fingerprint density at radius 2 is 2.00 bits per heavy atom. The van der Waals surface area contributed by atoms with Crippen molar-refractivity contribution in [1.82, 2.24) is 4.98 Å². The highest BCUT2D eigenvalue weighted by Crippen LogP contribution is 2.40. The first kappa shape index (κ1) is 14.1. The number of hydrogen-bond acceptors (Lipinski definition) is 3. The zero-order chi connectivity index (χ0) is 15.1. The molecule has 1 N–H and O–H groups in total. The molecule has 2 aromatic rings. The van der Waals surface area contributed by atoms with Crippen molar-refractivity contribution in [2.75, 3.05) is 7.11 Å². The number of nitrogens with zero attached hydrogens (tertiary/aromatic N) is 1. The molecule has 1 aromatic heterocycles. The number of aryl methyl sites for hydroxylation is 1. The molecule has 1 aromatic carbocycles. The van der Waals surface area contributed by atoms with E-state index in [1.807, 2.05) is 0 Å². The molecule has 20 heavy (non-hydrogen) atoms. The summed E-state index contributed by atoms with van der Waals surface area (Å²) in [6, 6.07) is 2.93. The van der Waals surface area contributed by atoms with E-state index >= 15 is 0 Å². The highest BCUT2D eigenvalue weighted by Gasteiger charge is 2.38. The van der Waals surface area contributed by atoms with Crippen LogP contribution in [-0.4, -0.2) is 23.2 Å². The lowest BCUT2D eigenvalue weighted by molar-refractivity contribution is -0.136. The molecule has 0 bridgehead atoms. The third kappa shape index (κ3) is 2.15. The highest BCUT2D eigenvalue weighted by molar-refractivity contribution is 5.99. The number of carboxylic acids is 1. The van der Waals surface area contributed by atoms with Gasteiger partial charge in [-0.05, 0) is 18.6 Å². The molecular weight excluding hydrogens is 275 g/mol. The first-order valence-corrected chi connectivity index (χ1v) is 5.54. The Labute approximate surface area is 111 Å². The van der Waals surface area contributed by atoms with Crippen LogP contribution < -0.4 is 4.74 Å². The molecule has 0 aliphatic carbocycles. The van der Waals surface area contributed by atoms with E-state index < -0.39 is 23.3 Å². The molecule has 1 heterocycles. The van der Waals surface area contributed by atoms with Crippen LogP contribution in [-0.2, 0) is 6.18 Å². The quantitative estimate of drug-likeness (QED) is 0.920. The van der Waals surface area contributed by atoms with Crippen molar-refractivity contribution < 1.29 is 27.8 Å². The lowest BCUT2D eigenvalue weighted by atomic mass is 9.99. The molecule has 0 saturated carbocycles. The first-order valence-electron chi connectivity index (χ1n) is 5.54. The van der Waals surface area contributed by atoms with Gasteiger partial charge in [-0.1, -0.05) is 6.07 Å². The maximum absolute atomic E-state index is 13.2. The Bertz CT molecular complexity index is 695. The number of halogens is 3. The summed E-state index contributed by atoms with van der Waals surface area (Å²) in [6.45, 7) is 1.46. The van der Waals surface area contributed by atoms with Crippen LogP contribution in [0.3, 0.4) is 0 Å². The van der Waals surface area contributed by atoms with Gasteiger partial charge in [0.1, 0.15) is 11.3 Å². The Morgan fingerprint density at radius 3 is 2.50 bits per heavy atom. The van der Waals surface area contributed by atoms with E-state index in [2.05, 4.69) is 4.98 Å². The van der Waals surface area contributed by atoms with Gasteiger partial charge in [-0.25, -0.2) is 4.79 Å². The maximum atomic E-state index is 13.2. The second-order valence-electron chi connectivity index (χ2n) is 4.16. The molecule has 2 rings (SSSR count). The standard InChI is InChI=1S/C13H10F3NO3/c1-6-3-4-8(20-2)11-9(6)10(13(14,15)16)7(5-17-11)12(18)19/h3-5H,1-2H3,(H,18,19). The van der Waals surface area contributed by atoms with Crippen molar-refractivity contribution in [2.45, 2.75) is 13.1 Å². The second-order valence-corrected chi connectivity index (χ2v) is 4.16. The van der Waals surface area contributed by atoms with Gasteiger partial charge in [-0.15, -0.1) is 0 Å². The van der Waals surface area contributed by atoms with Crippen LogP contribution >= 0.6 is 0 Å². The molecule has 0 aliphatic heterocycles. The van der Waals surface area contributed by atoms with Gasteiger partial charge in [0.25, 0.3) is 0 Å². The predicted octanol–water partition coefficient (Wildman–Crippen LogP) is 3.27. The number of pyridine rings is 1. The number of aromatic carboxylic acids is 1. The molecule has 4 nitrogen and oxygen atoms in total. The summed E-state index contributed by atoms with van der Waals surface area (Å²) in [7, 11) is 1.31. The molecule has 0 fully saturated rings. The minimum atomic E-state index is -4.80. The normalized spacial score (nSPS) is 11.7. The fourth-order valence-electron chi connectivity index (χ4n) is 2.07. The lowest BCUT2D eigenvalue weighted by Crippen LogP contribution is -2.15. The SMILES string of the molecule is COc1ccc(C)c2c(C(F)(F)F)c(C(=O)O)cnc12. The lowest BCUT2D eigenvalue weighted by Gasteiger charge is -2.16. The van der Waals surface area contributed by atoms with Gasteiger partial charge in [0, 0.05) is 11.6 Å². The number of fused-ring (bicyclic) bond motifs is 1.